The molecule has 0 saturated carbocycles. The number of anilines is 1. The molecule has 0 aliphatic carbocycles. The van der Waals surface area contributed by atoms with Gasteiger partial charge in [-0.25, -0.2) is 27.1 Å². The third-order valence-corrected chi connectivity index (χ3v) is 7.37. The van der Waals surface area contributed by atoms with Crippen molar-refractivity contribution in [2.75, 3.05) is 17.6 Å². The molecular formula is C28H41FN4O5S. The van der Waals surface area contributed by atoms with Gasteiger partial charge < -0.3 is 15.1 Å². The summed E-state index contributed by atoms with van der Waals surface area (Å²) >= 11 is 0. The number of carbonyl (C=O) groups is 1. The number of sulfonamides is 1. The van der Waals surface area contributed by atoms with Gasteiger partial charge in [-0.15, -0.1) is 0 Å². The molecule has 39 heavy (non-hydrogen) atoms. The second-order valence-corrected chi connectivity index (χ2v) is 12.6. The molecule has 0 radical (unpaired) electrons. The summed E-state index contributed by atoms with van der Waals surface area (Å²) in [5.41, 5.74) is 1.95. The number of aromatic nitrogens is 2. The van der Waals surface area contributed by atoms with Gasteiger partial charge in [0.2, 0.25) is 21.9 Å². The van der Waals surface area contributed by atoms with Crippen molar-refractivity contribution in [3.63, 3.8) is 0 Å². The highest BCUT2D eigenvalue weighted by Gasteiger charge is 2.25. The Hall–Kier alpha value is -2.89. The van der Waals surface area contributed by atoms with Crippen LogP contribution in [0.1, 0.15) is 71.6 Å². The molecule has 9 nitrogen and oxygen atoms in total. The topological polar surface area (TPSA) is 124 Å². The Bertz CT molecular complexity index is 1260. The molecule has 1 aromatic heterocycles. The molecule has 2 aromatic rings. The van der Waals surface area contributed by atoms with E-state index < -0.39 is 28.0 Å². The molecule has 1 heterocycles. The van der Waals surface area contributed by atoms with E-state index in [2.05, 4.69) is 9.97 Å². The van der Waals surface area contributed by atoms with E-state index in [0.29, 0.717) is 22.5 Å². The zero-order valence-corrected chi connectivity index (χ0v) is 24.8. The van der Waals surface area contributed by atoms with Gasteiger partial charge in [-0.3, -0.25) is 4.79 Å². The molecule has 0 aliphatic heterocycles. The molecule has 0 saturated heterocycles. The first kappa shape index (κ1) is 32.3. The number of carbonyl (C=O) groups excluding carboxylic acids is 1. The van der Waals surface area contributed by atoms with Gasteiger partial charge in [0.15, 0.2) is 0 Å². The SMILES string of the molecule is CC(C)c1nc(N(C)S(C)(=O)=O)nc(-c2ccc(F)cc2)c1/C=C/[C@@H](O)C[C@@H](O)CC(=O)N(C(C)C)C(C)C. The number of amides is 1. The maximum Gasteiger partial charge on any atom is 0.239 e. The molecule has 0 bridgehead atoms. The predicted molar refractivity (Wildman–Crippen MR) is 152 cm³/mol. The van der Waals surface area contributed by atoms with Crippen LogP contribution in [0.5, 0.6) is 0 Å². The second-order valence-electron chi connectivity index (χ2n) is 10.6. The molecule has 2 N–H and O–H groups in total. The molecule has 0 aliphatic rings. The Balaban J connectivity index is 2.44. The lowest BCUT2D eigenvalue weighted by molar-refractivity contribution is -0.137. The molecule has 2 atom stereocenters. The fourth-order valence-corrected chi connectivity index (χ4v) is 4.70. The maximum atomic E-state index is 13.7. The zero-order valence-electron chi connectivity index (χ0n) is 24.0. The molecular weight excluding hydrogens is 523 g/mol. The highest BCUT2D eigenvalue weighted by Crippen LogP contribution is 2.31. The van der Waals surface area contributed by atoms with Crippen LogP contribution < -0.4 is 4.31 Å². The van der Waals surface area contributed by atoms with Crippen molar-refractivity contribution >= 4 is 28.0 Å². The largest absolute Gasteiger partial charge is 0.392 e. The average Bonchev–Trinajstić information content (AvgIpc) is 2.80. The first-order valence-corrected chi connectivity index (χ1v) is 14.8. The van der Waals surface area contributed by atoms with Gasteiger partial charge in [-0.1, -0.05) is 26.0 Å². The van der Waals surface area contributed by atoms with Crippen LogP contribution in [0, 0.1) is 5.82 Å². The van der Waals surface area contributed by atoms with Gasteiger partial charge in [0.05, 0.1) is 36.3 Å². The van der Waals surface area contributed by atoms with Crippen molar-refractivity contribution in [1.29, 1.82) is 0 Å². The minimum absolute atomic E-state index is 0.0152. The average molecular weight is 565 g/mol. The number of hydrogen-bond donors (Lipinski definition) is 2. The molecule has 1 amide bonds. The van der Waals surface area contributed by atoms with Crippen molar-refractivity contribution in [3.05, 3.63) is 47.4 Å². The third kappa shape index (κ3) is 8.81. The van der Waals surface area contributed by atoms with Crippen molar-refractivity contribution in [2.24, 2.45) is 0 Å². The summed E-state index contributed by atoms with van der Waals surface area (Å²) in [4.78, 5) is 23.4. The summed E-state index contributed by atoms with van der Waals surface area (Å²) in [5.74, 6) is -0.817. The fourth-order valence-electron chi connectivity index (χ4n) is 4.32. The lowest BCUT2D eigenvalue weighted by Crippen LogP contribution is -2.43. The van der Waals surface area contributed by atoms with Crippen molar-refractivity contribution in [3.8, 4) is 11.3 Å². The van der Waals surface area contributed by atoms with E-state index in [1.54, 1.807) is 11.0 Å². The maximum absolute atomic E-state index is 13.7. The predicted octanol–water partition coefficient (Wildman–Crippen LogP) is 3.96. The van der Waals surface area contributed by atoms with E-state index in [9.17, 15) is 27.8 Å². The molecule has 0 unspecified atom stereocenters. The Labute approximate surface area is 231 Å². The first-order chi connectivity index (χ1) is 18.0. The molecule has 216 valence electrons. The second kappa shape index (κ2) is 13.5. The summed E-state index contributed by atoms with van der Waals surface area (Å²) < 4.78 is 39.0. The van der Waals surface area contributed by atoms with Gasteiger partial charge >= 0.3 is 0 Å². The Morgan fingerprint density at radius 2 is 1.59 bits per heavy atom. The van der Waals surface area contributed by atoms with E-state index in [-0.39, 0.29) is 42.7 Å². The summed E-state index contributed by atoms with van der Waals surface area (Å²) in [5, 5.41) is 21.2. The molecule has 0 fully saturated rings. The smallest absolute Gasteiger partial charge is 0.239 e. The van der Waals surface area contributed by atoms with Gasteiger partial charge in [-0.2, -0.15) is 0 Å². The van der Waals surface area contributed by atoms with E-state index in [1.165, 1.54) is 37.4 Å². The number of hydrogen-bond acceptors (Lipinski definition) is 7. The van der Waals surface area contributed by atoms with Crippen LogP contribution in [0.2, 0.25) is 0 Å². The van der Waals surface area contributed by atoms with Crippen LogP contribution in [0.15, 0.2) is 30.3 Å². The van der Waals surface area contributed by atoms with E-state index >= 15 is 0 Å². The highest BCUT2D eigenvalue weighted by atomic mass is 32.2. The lowest BCUT2D eigenvalue weighted by atomic mass is 9.97. The standard InChI is InChI=1S/C28H41FN4O5S/c1-17(2)26-24(14-13-22(34)15-23(35)16-25(36)33(18(3)4)19(5)6)27(20-9-11-21(29)12-10-20)31-28(30-26)32(7)39(8,37)38/h9-14,17-19,22-23,34-35H,15-16H2,1-8H3/b14-13+/t22-,23-/m1/s1. The number of nitrogens with zero attached hydrogens (tertiary/aromatic N) is 4. The van der Waals surface area contributed by atoms with Gasteiger partial charge in [0.1, 0.15) is 5.82 Å². The Morgan fingerprint density at radius 3 is 2.08 bits per heavy atom. The van der Waals surface area contributed by atoms with Crippen LogP contribution >= 0.6 is 0 Å². The number of halogens is 1. The van der Waals surface area contributed by atoms with Crippen molar-refractivity contribution in [1.82, 2.24) is 14.9 Å². The third-order valence-electron chi connectivity index (χ3n) is 6.22. The Kier molecular flexibility index (Phi) is 11.1. The summed E-state index contributed by atoms with van der Waals surface area (Å²) in [7, 11) is -2.30. The van der Waals surface area contributed by atoms with E-state index in [1.807, 2.05) is 41.5 Å². The van der Waals surface area contributed by atoms with Gasteiger partial charge in [0, 0.05) is 36.7 Å². The quantitative estimate of drug-likeness (QED) is 0.400. The normalized spacial score (nSPS) is 13.9. The lowest BCUT2D eigenvalue weighted by Gasteiger charge is -2.31. The van der Waals surface area contributed by atoms with Gasteiger partial charge in [-0.05, 0) is 57.9 Å². The first-order valence-electron chi connectivity index (χ1n) is 13.0. The highest BCUT2D eigenvalue weighted by molar-refractivity contribution is 7.92. The summed E-state index contributed by atoms with van der Waals surface area (Å²) in [6.07, 6.45) is 1.82. The summed E-state index contributed by atoms with van der Waals surface area (Å²) in [6, 6.07) is 5.59. The van der Waals surface area contributed by atoms with Crippen molar-refractivity contribution in [2.45, 2.75) is 84.6 Å². The zero-order chi connectivity index (χ0) is 29.7. The van der Waals surface area contributed by atoms with Crippen LogP contribution in [0.25, 0.3) is 17.3 Å². The number of rotatable bonds is 12. The van der Waals surface area contributed by atoms with Gasteiger partial charge in [0.25, 0.3) is 0 Å². The van der Waals surface area contributed by atoms with Crippen LogP contribution in [-0.2, 0) is 14.8 Å². The monoisotopic (exact) mass is 564 g/mol. The van der Waals surface area contributed by atoms with Crippen LogP contribution in [-0.4, -0.2) is 77.0 Å². The molecule has 1 aromatic carbocycles. The minimum atomic E-state index is -3.65. The molecule has 11 heteroatoms. The molecule has 2 rings (SSSR count). The fraction of sp³-hybridized carbons (Fsp3) is 0.536. The van der Waals surface area contributed by atoms with Crippen LogP contribution in [0.4, 0.5) is 10.3 Å². The summed E-state index contributed by atoms with van der Waals surface area (Å²) in [6.45, 7) is 11.4. The van der Waals surface area contributed by atoms with Crippen molar-refractivity contribution < 1.29 is 27.8 Å². The number of aliphatic hydroxyl groups excluding tert-OH is 2. The number of benzene rings is 1. The van der Waals surface area contributed by atoms with E-state index in [4.69, 9.17) is 0 Å². The molecule has 0 spiro atoms. The van der Waals surface area contributed by atoms with E-state index in [0.717, 1.165) is 10.6 Å². The Morgan fingerprint density at radius 1 is 1.03 bits per heavy atom. The minimum Gasteiger partial charge on any atom is -0.392 e. The van der Waals surface area contributed by atoms with Crippen LogP contribution in [0.3, 0.4) is 0 Å². The number of aliphatic hydroxyl groups is 2.